The summed E-state index contributed by atoms with van der Waals surface area (Å²) < 4.78 is 12.2. The van der Waals surface area contributed by atoms with Crippen LogP contribution in [0.4, 0.5) is 10.5 Å². The quantitative estimate of drug-likeness (QED) is 0.765. The molecule has 0 bridgehead atoms. The number of carbonyl (C=O) groups is 1. The summed E-state index contributed by atoms with van der Waals surface area (Å²) in [5, 5.41) is 15.4. The molecular formula is C19H26N2O4. The molecule has 2 saturated carbocycles. The Hall–Kier alpha value is -1.95. The van der Waals surface area contributed by atoms with Gasteiger partial charge in [0.05, 0.1) is 6.10 Å². The summed E-state index contributed by atoms with van der Waals surface area (Å²) in [4.78, 5) is 12.2. The molecule has 1 heterocycles. The highest BCUT2D eigenvalue weighted by atomic mass is 16.7. The van der Waals surface area contributed by atoms with E-state index < -0.39 is 5.79 Å². The number of aliphatic hydroxyl groups excluding tert-OH is 1. The molecule has 0 saturated heterocycles. The normalized spacial score (nSPS) is 27.1. The third-order valence-electron chi connectivity index (χ3n) is 5.44. The van der Waals surface area contributed by atoms with Gasteiger partial charge in [-0.05, 0) is 50.7 Å². The van der Waals surface area contributed by atoms with E-state index in [1.54, 1.807) is 0 Å². The predicted molar refractivity (Wildman–Crippen MR) is 93.9 cm³/mol. The van der Waals surface area contributed by atoms with Gasteiger partial charge in [0.2, 0.25) is 0 Å². The van der Waals surface area contributed by atoms with E-state index in [0.717, 1.165) is 57.1 Å². The molecule has 1 aromatic rings. The first-order valence-corrected chi connectivity index (χ1v) is 9.40. The van der Waals surface area contributed by atoms with Crippen molar-refractivity contribution < 1.29 is 19.4 Å². The lowest BCUT2D eigenvalue weighted by Gasteiger charge is -2.31. The van der Waals surface area contributed by atoms with E-state index in [-0.39, 0.29) is 18.2 Å². The van der Waals surface area contributed by atoms with Crippen LogP contribution < -0.4 is 20.1 Å². The van der Waals surface area contributed by atoms with Gasteiger partial charge < -0.3 is 25.2 Å². The minimum Gasteiger partial charge on any atom is -0.448 e. The van der Waals surface area contributed by atoms with Crippen LogP contribution in [-0.4, -0.2) is 29.1 Å². The second-order valence-corrected chi connectivity index (χ2v) is 7.44. The Labute approximate surface area is 147 Å². The highest BCUT2D eigenvalue weighted by molar-refractivity contribution is 5.89. The van der Waals surface area contributed by atoms with Crippen LogP contribution in [0.2, 0.25) is 0 Å². The first-order chi connectivity index (χ1) is 12.1. The second kappa shape index (κ2) is 6.75. The maximum absolute atomic E-state index is 12.2. The molecule has 3 aliphatic rings. The molecule has 6 nitrogen and oxygen atoms in total. The number of ether oxygens (including phenoxy) is 2. The van der Waals surface area contributed by atoms with Gasteiger partial charge in [0.25, 0.3) is 5.79 Å². The zero-order valence-electron chi connectivity index (χ0n) is 14.4. The van der Waals surface area contributed by atoms with Crippen molar-refractivity contribution in [2.24, 2.45) is 0 Å². The standard InChI is InChI=1S/C19H26N2O4/c22-15-7-4-13(5-8-15)20-18(23)21-14-6-9-16-17(12-14)25-19(24-16)10-2-1-3-11-19/h6,9,12-13,15,22H,1-5,7-8,10-11H2,(H2,20,21,23). The average Bonchev–Trinajstić information content (AvgIpc) is 2.94. The summed E-state index contributed by atoms with van der Waals surface area (Å²) in [6, 6.07) is 5.46. The number of urea groups is 1. The predicted octanol–water partition coefficient (Wildman–Crippen LogP) is 3.54. The molecule has 1 aliphatic heterocycles. The average molecular weight is 346 g/mol. The zero-order valence-corrected chi connectivity index (χ0v) is 14.4. The lowest BCUT2D eigenvalue weighted by Crippen LogP contribution is -2.40. The van der Waals surface area contributed by atoms with Crippen molar-refractivity contribution in [1.29, 1.82) is 0 Å². The maximum atomic E-state index is 12.2. The molecule has 6 heteroatoms. The van der Waals surface area contributed by atoms with E-state index >= 15 is 0 Å². The molecular weight excluding hydrogens is 320 g/mol. The van der Waals surface area contributed by atoms with Crippen LogP contribution in [0.1, 0.15) is 57.8 Å². The van der Waals surface area contributed by atoms with Crippen molar-refractivity contribution >= 4 is 11.7 Å². The molecule has 1 spiro atoms. The smallest absolute Gasteiger partial charge is 0.319 e. The summed E-state index contributed by atoms with van der Waals surface area (Å²) in [5.41, 5.74) is 0.698. The number of fused-ring (bicyclic) bond motifs is 1. The minimum absolute atomic E-state index is 0.128. The van der Waals surface area contributed by atoms with Crippen LogP contribution in [0.25, 0.3) is 0 Å². The van der Waals surface area contributed by atoms with Crippen molar-refractivity contribution in [1.82, 2.24) is 5.32 Å². The molecule has 2 amide bonds. The lowest BCUT2D eigenvalue weighted by atomic mass is 9.93. The van der Waals surface area contributed by atoms with Crippen molar-refractivity contribution in [2.75, 3.05) is 5.32 Å². The number of rotatable bonds is 2. The Morgan fingerprint density at radius 2 is 1.76 bits per heavy atom. The van der Waals surface area contributed by atoms with Crippen LogP contribution in [-0.2, 0) is 0 Å². The van der Waals surface area contributed by atoms with Crippen molar-refractivity contribution in [3.8, 4) is 11.5 Å². The maximum Gasteiger partial charge on any atom is 0.319 e. The number of hydrogen-bond donors (Lipinski definition) is 3. The molecule has 25 heavy (non-hydrogen) atoms. The zero-order chi connectivity index (χ0) is 17.3. The molecule has 0 radical (unpaired) electrons. The molecule has 0 unspecified atom stereocenters. The molecule has 0 atom stereocenters. The molecule has 1 aromatic carbocycles. The monoisotopic (exact) mass is 346 g/mol. The number of nitrogens with one attached hydrogen (secondary N) is 2. The van der Waals surface area contributed by atoms with Crippen LogP contribution in [0.15, 0.2) is 18.2 Å². The fraction of sp³-hybridized carbons (Fsp3) is 0.632. The highest BCUT2D eigenvalue weighted by Crippen LogP contribution is 2.46. The van der Waals surface area contributed by atoms with Gasteiger partial charge in [-0.3, -0.25) is 0 Å². The van der Waals surface area contributed by atoms with Crippen molar-refractivity contribution in [2.45, 2.75) is 75.7 Å². The fourth-order valence-corrected chi connectivity index (χ4v) is 4.04. The number of hydrogen-bond acceptors (Lipinski definition) is 4. The number of amides is 2. The van der Waals surface area contributed by atoms with E-state index in [1.807, 2.05) is 18.2 Å². The largest absolute Gasteiger partial charge is 0.448 e. The second-order valence-electron chi connectivity index (χ2n) is 7.44. The van der Waals surface area contributed by atoms with Gasteiger partial charge in [0, 0.05) is 30.6 Å². The Morgan fingerprint density at radius 3 is 2.52 bits per heavy atom. The molecule has 136 valence electrons. The van der Waals surface area contributed by atoms with Gasteiger partial charge in [0.1, 0.15) is 0 Å². The lowest BCUT2D eigenvalue weighted by molar-refractivity contribution is -0.105. The van der Waals surface area contributed by atoms with Gasteiger partial charge in [-0.25, -0.2) is 4.79 Å². The van der Waals surface area contributed by atoms with Crippen LogP contribution in [0, 0.1) is 0 Å². The van der Waals surface area contributed by atoms with E-state index in [4.69, 9.17) is 9.47 Å². The highest BCUT2D eigenvalue weighted by Gasteiger charge is 2.42. The Balaban J connectivity index is 1.35. The van der Waals surface area contributed by atoms with Gasteiger partial charge in [-0.15, -0.1) is 0 Å². The molecule has 2 fully saturated rings. The van der Waals surface area contributed by atoms with Gasteiger partial charge in [0.15, 0.2) is 11.5 Å². The van der Waals surface area contributed by atoms with Crippen LogP contribution in [0.5, 0.6) is 11.5 Å². The number of anilines is 1. The SMILES string of the molecule is O=C(Nc1ccc2c(c1)OC1(CCCCC1)O2)NC1CCC(O)CC1. The number of carbonyl (C=O) groups excluding carboxylic acids is 1. The Kier molecular flexibility index (Phi) is 4.46. The first kappa shape index (κ1) is 16.5. The van der Waals surface area contributed by atoms with Gasteiger partial charge in [-0.2, -0.15) is 0 Å². The van der Waals surface area contributed by atoms with Gasteiger partial charge in [-0.1, -0.05) is 6.42 Å². The summed E-state index contributed by atoms with van der Waals surface area (Å²) in [6.07, 6.45) is 8.22. The van der Waals surface area contributed by atoms with E-state index in [9.17, 15) is 9.90 Å². The van der Waals surface area contributed by atoms with E-state index in [1.165, 1.54) is 6.42 Å². The number of benzene rings is 1. The van der Waals surface area contributed by atoms with Crippen molar-refractivity contribution in [3.05, 3.63) is 18.2 Å². The summed E-state index contributed by atoms with van der Waals surface area (Å²) in [6.45, 7) is 0. The molecule has 0 aromatic heterocycles. The summed E-state index contributed by atoms with van der Waals surface area (Å²) in [5.74, 6) is 0.972. The van der Waals surface area contributed by atoms with Crippen LogP contribution >= 0.6 is 0 Å². The third kappa shape index (κ3) is 3.68. The van der Waals surface area contributed by atoms with E-state index in [2.05, 4.69) is 10.6 Å². The molecule has 4 rings (SSSR count). The summed E-state index contributed by atoms with van der Waals surface area (Å²) in [7, 11) is 0. The Morgan fingerprint density at radius 1 is 1.04 bits per heavy atom. The van der Waals surface area contributed by atoms with E-state index in [0.29, 0.717) is 11.4 Å². The molecule has 3 N–H and O–H groups in total. The topological polar surface area (TPSA) is 79.8 Å². The fourth-order valence-electron chi connectivity index (χ4n) is 4.04. The molecule has 2 aliphatic carbocycles. The third-order valence-corrected chi connectivity index (χ3v) is 5.44. The van der Waals surface area contributed by atoms with Gasteiger partial charge >= 0.3 is 6.03 Å². The van der Waals surface area contributed by atoms with Crippen LogP contribution in [0.3, 0.4) is 0 Å². The Bertz CT molecular complexity index is 634. The minimum atomic E-state index is -0.496. The number of aliphatic hydroxyl groups is 1. The first-order valence-electron chi connectivity index (χ1n) is 9.40. The summed E-state index contributed by atoms with van der Waals surface area (Å²) >= 11 is 0. The van der Waals surface area contributed by atoms with Crippen molar-refractivity contribution in [3.63, 3.8) is 0 Å².